The summed E-state index contributed by atoms with van der Waals surface area (Å²) in [5, 5.41) is 13.5. The van der Waals surface area contributed by atoms with Gasteiger partial charge in [0.05, 0.1) is 11.4 Å². The number of nitrogen functional groups attached to an aromatic ring is 1. The van der Waals surface area contributed by atoms with E-state index < -0.39 is 0 Å². The fraction of sp³-hybridized carbons (Fsp3) is 0.250. The monoisotopic (exact) mass is 369 g/mol. The molecule has 0 aliphatic rings. The van der Waals surface area contributed by atoms with Crippen molar-refractivity contribution in [2.45, 2.75) is 19.4 Å². The Balaban J connectivity index is 2.07. The lowest BCUT2D eigenvalue weighted by Crippen LogP contribution is -2.41. The second-order valence-electron chi connectivity index (χ2n) is 5.27. The molecule has 0 aliphatic carbocycles. The number of hydrogen-bond acceptors (Lipinski definition) is 4. The van der Waals surface area contributed by atoms with Crippen LogP contribution >= 0.6 is 23.2 Å². The van der Waals surface area contributed by atoms with Crippen LogP contribution in [0.1, 0.15) is 16.8 Å². The first-order chi connectivity index (χ1) is 11.4. The van der Waals surface area contributed by atoms with E-state index in [-0.39, 0.29) is 28.9 Å². The van der Waals surface area contributed by atoms with E-state index in [4.69, 9.17) is 34.7 Å². The van der Waals surface area contributed by atoms with Crippen LogP contribution in [0.5, 0.6) is 0 Å². The van der Waals surface area contributed by atoms with Crippen molar-refractivity contribution < 1.29 is 14.7 Å². The van der Waals surface area contributed by atoms with Crippen LogP contribution < -0.4 is 21.5 Å². The topological polar surface area (TPSA) is 105 Å². The molecular weight excluding hydrogens is 351 g/mol. The third-order valence-corrected chi connectivity index (χ3v) is 4.14. The number of pyridine rings is 1. The maximum atomic E-state index is 12.2. The Morgan fingerprint density at radius 3 is 2.67 bits per heavy atom. The Morgan fingerprint density at radius 1 is 1.21 bits per heavy atom. The standard InChI is InChI=1S/C16H18Cl2N4O2/c17-12-2-1-10(5-6-19)11(7-12)9-21-16(23)8-14-13(18)3-4-15(20)22(14)24/h1-4,7,20,24H,5-6,8-9,19H2,(H,21,23)/p+1. The van der Waals surface area contributed by atoms with Gasteiger partial charge in [-0.25, -0.2) is 0 Å². The number of rotatable bonds is 6. The van der Waals surface area contributed by atoms with E-state index in [0.29, 0.717) is 29.3 Å². The van der Waals surface area contributed by atoms with Crippen LogP contribution in [-0.4, -0.2) is 17.7 Å². The van der Waals surface area contributed by atoms with E-state index in [2.05, 4.69) is 5.32 Å². The highest BCUT2D eigenvalue weighted by molar-refractivity contribution is 6.31. The molecule has 2 rings (SSSR count). The van der Waals surface area contributed by atoms with Gasteiger partial charge in [-0.3, -0.25) is 10.5 Å². The molecule has 0 saturated heterocycles. The molecule has 6 N–H and O–H groups in total. The van der Waals surface area contributed by atoms with E-state index in [9.17, 15) is 10.0 Å². The van der Waals surface area contributed by atoms with Gasteiger partial charge >= 0.3 is 5.82 Å². The molecule has 0 atom stereocenters. The van der Waals surface area contributed by atoms with Gasteiger partial charge in [0.2, 0.25) is 5.91 Å². The molecule has 0 bridgehead atoms. The van der Waals surface area contributed by atoms with Crippen LogP contribution in [0, 0.1) is 0 Å². The lowest BCUT2D eigenvalue weighted by molar-refractivity contribution is -0.897. The number of nitrogens with two attached hydrogens (primary N) is 2. The van der Waals surface area contributed by atoms with Gasteiger partial charge in [0, 0.05) is 17.6 Å². The summed E-state index contributed by atoms with van der Waals surface area (Å²) in [5.74, 6) is -0.203. The Bertz CT molecular complexity index is 753. The molecule has 0 saturated carbocycles. The second-order valence-corrected chi connectivity index (χ2v) is 6.11. The van der Waals surface area contributed by atoms with E-state index in [0.717, 1.165) is 11.1 Å². The SMILES string of the molecule is NCCc1ccc(Cl)cc1CNC(=O)Cc1c(Cl)ccc(N)[n+]1O. The van der Waals surface area contributed by atoms with Crippen LogP contribution in [0.3, 0.4) is 0 Å². The summed E-state index contributed by atoms with van der Waals surface area (Å²) in [5.41, 5.74) is 13.3. The summed E-state index contributed by atoms with van der Waals surface area (Å²) in [7, 11) is 0. The van der Waals surface area contributed by atoms with Crippen molar-refractivity contribution in [2.24, 2.45) is 5.73 Å². The van der Waals surface area contributed by atoms with Gasteiger partial charge in [-0.15, -0.1) is 0 Å². The van der Waals surface area contributed by atoms with Gasteiger partial charge in [-0.05, 0) is 47.0 Å². The molecule has 1 heterocycles. The molecule has 24 heavy (non-hydrogen) atoms. The number of nitrogens with one attached hydrogen (secondary N) is 1. The molecule has 6 nitrogen and oxygen atoms in total. The lowest BCUT2D eigenvalue weighted by atomic mass is 10.0. The van der Waals surface area contributed by atoms with Crippen molar-refractivity contribution in [3.05, 3.63) is 57.2 Å². The van der Waals surface area contributed by atoms with Gasteiger partial charge in [0.25, 0.3) is 0 Å². The smallest absolute Gasteiger partial charge is 0.312 e. The van der Waals surface area contributed by atoms with Crippen LogP contribution in [-0.2, 0) is 24.2 Å². The molecule has 0 radical (unpaired) electrons. The fourth-order valence-electron chi connectivity index (χ4n) is 2.31. The molecule has 1 aromatic carbocycles. The first-order valence-corrected chi connectivity index (χ1v) is 8.10. The summed E-state index contributed by atoms with van der Waals surface area (Å²) in [6, 6.07) is 8.47. The molecule has 1 amide bonds. The Kier molecular flexibility index (Phi) is 6.25. The van der Waals surface area contributed by atoms with Crippen LogP contribution in [0.25, 0.3) is 0 Å². The van der Waals surface area contributed by atoms with Gasteiger partial charge in [-0.2, -0.15) is 0 Å². The van der Waals surface area contributed by atoms with Crippen molar-refractivity contribution in [1.82, 2.24) is 5.32 Å². The Morgan fingerprint density at radius 2 is 1.96 bits per heavy atom. The number of carbonyl (C=O) groups is 1. The molecule has 2 aromatic rings. The van der Waals surface area contributed by atoms with Crippen LogP contribution in [0.2, 0.25) is 10.0 Å². The minimum absolute atomic E-state index is 0.0993. The normalized spacial score (nSPS) is 10.6. The summed E-state index contributed by atoms with van der Waals surface area (Å²) in [4.78, 5) is 12.2. The number of amides is 1. The second kappa shape index (κ2) is 8.19. The highest BCUT2D eigenvalue weighted by Crippen LogP contribution is 2.17. The number of anilines is 1. The Hall–Kier alpha value is -2.02. The van der Waals surface area contributed by atoms with E-state index in [1.54, 1.807) is 12.1 Å². The van der Waals surface area contributed by atoms with Crippen LogP contribution in [0.4, 0.5) is 5.82 Å². The first kappa shape index (κ1) is 18.3. The molecule has 128 valence electrons. The largest absolute Gasteiger partial charge is 0.352 e. The highest BCUT2D eigenvalue weighted by Gasteiger charge is 2.18. The van der Waals surface area contributed by atoms with Crippen molar-refractivity contribution in [1.29, 1.82) is 0 Å². The lowest BCUT2D eigenvalue weighted by Gasteiger charge is -2.11. The van der Waals surface area contributed by atoms with Gasteiger partial charge in [0.15, 0.2) is 5.69 Å². The van der Waals surface area contributed by atoms with E-state index >= 15 is 0 Å². The molecule has 0 aliphatic heterocycles. The van der Waals surface area contributed by atoms with E-state index in [1.165, 1.54) is 12.1 Å². The number of halogens is 2. The van der Waals surface area contributed by atoms with Crippen molar-refractivity contribution in [3.8, 4) is 0 Å². The molecule has 0 spiro atoms. The number of carbonyl (C=O) groups excluding carboxylic acids is 1. The van der Waals surface area contributed by atoms with Crippen molar-refractivity contribution in [2.75, 3.05) is 12.3 Å². The fourth-order valence-corrected chi connectivity index (χ4v) is 2.71. The number of hydrogen-bond donors (Lipinski definition) is 4. The zero-order chi connectivity index (χ0) is 17.7. The highest BCUT2D eigenvalue weighted by atomic mass is 35.5. The number of benzene rings is 1. The summed E-state index contributed by atoms with van der Waals surface area (Å²) in [6.07, 6.45) is 0.590. The average Bonchev–Trinajstić information content (AvgIpc) is 2.55. The van der Waals surface area contributed by atoms with Crippen LogP contribution in [0.15, 0.2) is 30.3 Å². The zero-order valence-corrected chi connectivity index (χ0v) is 14.4. The summed E-state index contributed by atoms with van der Waals surface area (Å²) in [6.45, 7) is 0.812. The predicted octanol–water partition coefficient (Wildman–Crippen LogP) is 1.46. The van der Waals surface area contributed by atoms with Gasteiger partial charge in [-0.1, -0.05) is 29.3 Å². The summed E-state index contributed by atoms with van der Waals surface area (Å²) >= 11 is 12.0. The average molecular weight is 370 g/mol. The molecular formula is C16H19Cl2N4O2+. The predicted molar refractivity (Wildman–Crippen MR) is 93.0 cm³/mol. The number of nitrogens with zero attached hydrogens (tertiary/aromatic N) is 1. The Labute approximate surface area is 149 Å². The van der Waals surface area contributed by atoms with Gasteiger partial charge in [0.1, 0.15) is 0 Å². The maximum Gasteiger partial charge on any atom is 0.312 e. The molecule has 1 aromatic heterocycles. The van der Waals surface area contributed by atoms with Crippen molar-refractivity contribution >= 4 is 34.9 Å². The van der Waals surface area contributed by atoms with E-state index in [1.807, 2.05) is 6.07 Å². The maximum absolute atomic E-state index is 12.2. The van der Waals surface area contributed by atoms with Crippen molar-refractivity contribution in [3.63, 3.8) is 0 Å². The minimum atomic E-state index is -0.302. The molecule has 0 unspecified atom stereocenters. The zero-order valence-electron chi connectivity index (χ0n) is 12.9. The third kappa shape index (κ3) is 4.50. The number of aromatic nitrogens is 1. The summed E-state index contributed by atoms with van der Waals surface area (Å²) < 4.78 is 0.709. The molecule has 8 heteroatoms. The minimum Gasteiger partial charge on any atom is -0.352 e. The van der Waals surface area contributed by atoms with Gasteiger partial charge < -0.3 is 16.3 Å². The quantitative estimate of drug-likeness (QED) is 0.456. The first-order valence-electron chi connectivity index (χ1n) is 7.34. The molecule has 0 fully saturated rings. The third-order valence-electron chi connectivity index (χ3n) is 3.56.